The lowest BCUT2D eigenvalue weighted by molar-refractivity contribution is -0.177. The zero-order valence-corrected chi connectivity index (χ0v) is 22.0. The lowest BCUT2D eigenvalue weighted by Crippen LogP contribution is -2.58. The second-order valence-electron chi connectivity index (χ2n) is 8.67. The van der Waals surface area contributed by atoms with Crippen LogP contribution in [-0.2, 0) is 23.1 Å². The Morgan fingerprint density at radius 2 is 1.62 bits per heavy atom. The maximum Gasteiger partial charge on any atom is 0.333 e. The van der Waals surface area contributed by atoms with Crippen LogP contribution in [0.4, 0.5) is 0 Å². The fourth-order valence-corrected chi connectivity index (χ4v) is 9.72. The first-order valence-electron chi connectivity index (χ1n) is 9.13. The van der Waals surface area contributed by atoms with E-state index in [9.17, 15) is 9.90 Å². The standard InChI is InChI=1S/C17H38O6Si3/c1-10-15(20-12-14(11-18)21-16(19)13(2)3)17(24,22-25(4,5)6)23-26(7,8)9/h14-15,18H,2,10-12H2,1,3-9,24H3. The zero-order chi connectivity index (χ0) is 20.8. The largest absolute Gasteiger partial charge is 0.454 e. The molecule has 1 N–H and O–H groups in total. The molecule has 154 valence electrons. The van der Waals surface area contributed by atoms with Crippen LogP contribution in [0.3, 0.4) is 0 Å². The van der Waals surface area contributed by atoms with Crippen molar-refractivity contribution in [3.05, 3.63) is 12.2 Å². The number of hydrogen-bond acceptors (Lipinski definition) is 6. The highest BCUT2D eigenvalue weighted by molar-refractivity contribution is 6.71. The second kappa shape index (κ2) is 10.3. The molecule has 0 aliphatic heterocycles. The lowest BCUT2D eigenvalue weighted by atomic mass is 10.2. The molecule has 2 atom stereocenters. The summed E-state index contributed by atoms with van der Waals surface area (Å²) < 4.78 is 24.1. The van der Waals surface area contributed by atoms with Crippen molar-refractivity contribution in [3.63, 3.8) is 0 Å². The van der Waals surface area contributed by atoms with Crippen LogP contribution in [0.5, 0.6) is 0 Å². The molecule has 0 aromatic carbocycles. The fourth-order valence-electron chi connectivity index (χ4n) is 2.61. The Labute approximate surface area is 163 Å². The Morgan fingerprint density at radius 3 is 1.92 bits per heavy atom. The van der Waals surface area contributed by atoms with E-state index in [4.69, 9.17) is 18.3 Å². The molecule has 0 saturated carbocycles. The van der Waals surface area contributed by atoms with Gasteiger partial charge in [-0.3, -0.25) is 0 Å². The van der Waals surface area contributed by atoms with E-state index in [1.165, 1.54) is 0 Å². The Hall–Kier alpha value is -0.299. The Kier molecular flexibility index (Phi) is 10.2. The summed E-state index contributed by atoms with van der Waals surface area (Å²) in [6.45, 7) is 19.7. The number of esters is 1. The van der Waals surface area contributed by atoms with Gasteiger partial charge in [-0.25, -0.2) is 4.79 Å². The van der Waals surface area contributed by atoms with Gasteiger partial charge in [-0.2, -0.15) is 0 Å². The summed E-state index contributed by atoms with van der Waals surface area (Å²) in [6.07, 6.45) is -0.325. The van der Waals surface area contributed by atoms with Gasteiger partial charge in [0.1, 0.15) is 17.6 Å². The molecule has 0 heterocycles. The molecule has 6 nitrogen and oxygen atoms in total. The van der Waals surface area contributed by atoms with Crippen molar-refractivity contribution in [1.82, 2.24) is 0 Å². The third-order valence-corrected chi connectivity index (χ3v) is 7.19. The lowest BCUT2D eigenvalue weighted by Gasteiger charge is -2.45. The quantitative estimate of drug-likeness (QED) is 0.224. The van der Waals surface area contributed by atoms with Gasteiger partial charge >= 0.3 is 5.97 Å². The predicted octanol–water partition coefficient (Wildman–Crippen LogP) is 1.98. The molecule has 0 aromatic heterocycles. The number of carbonyl (C=O) groups is 1. The molecule has 0 radical (unpaired) electrons. The summed E-state index contributed by atoms with van der Waals surface area (Å²) in [5.41, 5.74) is -0.459. The van der Waals surface area contributed by atoms with Crippen LogP contribution in [0.25, 0.3) is 0 Å². The van der Waals surface area contributed by atoms with Crippen LogP contribution >= 0.6 is 0 Å². The highest BCUT2D eigenvalue weighted by atomic mass is 28.4. The molecule has 0 aliphatic rings. The summed E-state index contributed by atoms with van der Waals surface area (Å²) in [5, 5.41) is 9.49. The van der Waals surface area contributed by atoms with Crippen molar-refractivity contribution in [3.8, 4) is 0 Å². The van der Waals surface area contributed by atoms with Gasteiger partial charge in [-0.05, 0) is 52.6 Å². The minimum Gasteiger partial charge on any atom is -0.454 e. The van der Waals surface area contributed by atoms with Crippen molar-refractivity contribution in [2.24, 2.45) is 0 Å². The Balaban J connectivity index is 5.25. The second-order valence-corrected chi connectivity index (χ2v) is 18.9. The van der Waals surface area contributed by atoms with Crippen LogP contribution in [-0.4, -0.2) is 68.8 Å². The fraction of sp³-hybridized carbons (Fsp3) is 0.824. The number of aliphatic hydroxyl groups excluding tert-OH is 1. The predicted molar refractivity (Wildman–Crippen MR) is 113 cm³/mol. The van der Waals surface area contributed by atoms with Gasteiger partial charge in [0.15, 0.2) is 16.6 Å². The molecular weight excluding hydrogens is 384 g/mol. The van der Waals surface area contributed by atoms with E-state index >= 15 is 0 Å². The number of rotatable bonds is 12. The summed E-state index contributed by atoms with van der Waals surface area (Å²) in [6, 6.07) is 0. The van der Waals surface area contributed by atoms with E-state index < -0.39 is 34.1 Å². The van der Waals surface area contributed by atoms with E-state index in [2.05, 4.69) is 45.9 Å². The van der Waals surface area contributed by atoms with Gasteiger partial charge in [-0.1, -0.05) is 13.5 Å². The Bertz CT molecular complexity index is 454. The van der Waals surface area contributed by atoms with Gasteiger partial charge < -0.3 is 23.4 Å². The maximum absolute atomic E-state index is 11.7. The van der Waals surface area contributed by atoms with Gasteiger partial charge in [0.05, 0.1) is 23.5 Å². The van der Waals surface area contributed by atoms with Crippen LogP contribution in [0.1, 0.15) is 20.3 Å². The molecular formula is C17H38O6Si3. The van der Waals surface area contributed by atoms with Gasteiger partial charge in [0.25, 0.3) is 0 Å². The molecule has 26 heavy (non-hydrogen) atoms. The summed E-state index contributed by atoms with van der Waals surface area (Å²) in [4.78, 5) is 11.7. The maximum atomic E-state index is 11.7. The van der Waals surface area contributed by atoms with E-state index in [1.54, 1.807) is 6.92 Å². The average molecular weight is 423 g/mol. The number of ether oxygens (including phenoxy) is 2. The molecule has 2 unspecified atom stereocenters. The van der Waals surface area contributed by atoms with Crippen molar-refractivity contribution in [2.45, 2.75) is 77.2 Å². The molecule has 0 spiro atoms. The third-order valence-electron chi connectivity index (χ3n) is 3.28. The average Bonchev–Trinajstić information content (AvgIpc) is 2.41. The normalized spacial score (nSPS) is 15.6. The third kappa shape index (κ3) is 10.1. The van der Waals surface area contributed by atoms with E-state index in [-0.39, 0.29) is 24.9 Å². The van der Waals surface area contributed by atoms with Gasteiger partial charge in [0.2, 0.25) is 0 Å². The Morgan fingerprint density at radius 1 is 1.15 bits per heavy atom. The number of carbonyl (C=O) groups excluding carboxylic acids is 1. The van der Waals surface area contributed by atoms with E-state index in [0.29, 0.717) is 16.7 Å². The monoisotopic (exact) mass is 422 g/mol. The molecule has 0 rings (SSSR count). The SMILES string of the molecule is C=C(C)C(=O)OC(CO)COC(CC)C([SiH3])(O[Si](C)(C)C)O[Si](C)(C)C. The zero-order valence-electron chi connectivity index (χ0n) is 18.0. The molecule has 0 fully saturated rings. The first-order chi connectivity index (χ1) is 11.6. The van der Waals surface area contributed by atoms with Crippen LogP contribution in [0.15, 0.2) is 12.2 Å². The molecule has 0 bridgehead atoms. The number of hydrogen-bond donors (Lipinski definition) is 1. The topological polar surface area (TPSA) is 74.2 Å². The van der Waals surface area contributed by atoms with Crippen LogP contribution in [0, 0.1) is 0 Å². The highest BCUT2D eigenvalue weighted by Crippen LogP contribution is 2.28. The minimum atomic E-state index is -1.87. The van der Waals surface area contributed by atoms with Crippen LogP contribution in [0.2, 0.25) is 39.3 Å². The first kappa shape index (κ1) is 25.7. The summed E-state index contributed by atoms with van der Waals surface area (Å²) >= 11 is 0. The highest BCUT2D eigenvalue weighted by Gasteiger charge is 2.43. The van der Waals surface area contributed by atoms with Crippen molar-refractivity contribution >= 4 is 32.8 Å². The summed E-state index contributed by atoms with van der Waals surface area (Å²) in [7, 11) is -3.10. The van der Waals surface area contributed by atoms with E-state index in [1.807, 2.05) is 6.92 Å². The van der Waals surface area contributed by atoms with E-state index in [0.717, 1.165) is 0 Å². The molecule has 0 aliphatic carbocycles. The molecule has 9 heteroatoms. The van der Waals surface area contributed by atoms with Gasteiger partial charge in [0, 0.05) is 5.57 Å². The molecule has 0 aromatic rings. The minimum absolute atomic E-state index is 0.0854. The summed E-state index contributed by atoms with van der Waals surface area (Å²) in [5.74, 6) is -0.533. The smallest absolute Gasteiger partial charge is 0.333 e. The molecule has 0 saturated heterocycles. The number of aliphatic hydroxyl groups is 1. The van der Waals surface area contributed by atoms with Crippen molar-refractivity contribution < 1.29 is 28.2 Å². The molecule has 0 amide bonds. The first-order valence-corrected chi connectivity index (χ1v) is 16.9. The van der Waals surface area contributed by atoms with Crippen molar-refractivity contribution in [2.75, 3.05) is 13.2 Å². The van der Waals surface area contributed by atoms with Crippen LogP contribution < -0.4 is 0 Å². The van der Waals surface area contributed by atoms with Gasteiger partial charge in [-0.15, -0.1) is 0 Å². The van der Waals surface area contributed by atoms with Crippen molar-refractivity contribution in [1.29, 1.82) is 0 Å².